The molecule has 2 aliphatic rings. The minimum absolute atomic E-state index is 0.113. The van der Waals surface area contributed by atoms with Crippen molar-refractivity contribution in [2.75, 3.05) is 4.90 Å². The molecule has 24 heavy (non-hydrogen) atoms. The number of hydrogen-bond acceptors (Lipinski definition) is 2. The Labute approximate surface area is 144 Å². The fourth-order valence-electron chi connectivity index (χ4n) is 3.74. The highest BCUT2D eigenvalue weighted by atomic mass is 16.2. The zero-order valence-electron chi connectivity index (χ0n) is 15.0. The quantitative estimate of drug-likeness (QED) is 0.765. The van der Waals surface area contributed by atoms with Crippen LogP contribution in [0.4, 0.5) is 5.69 Å². The number of rotatable bonds is 3. The maximum Gasteiger partial charge on any atom is 0.244 e. The van der Waals surface area contributed by atoms with Gasteiger partial charge in [-0.1, -0.05) is 70.2 Å². The van der Waals surface area contributed by atoms with Gasteiger partial charge in [-0.3, -0.25) is 9.59 Å². The average molecular weight is 323 g/mol. The number of carbonyl (C=O) groups excluding carboxylic acids is 2. The third kappa shape index (κ3) is 2.26. The van der Waals surface area contributed by atoms with Crippen LogP contribution >= 0.6 is 0 Å². The third-order valence-electron chi connectivity index (χ3n) is 5.22. The lowest BCUT2D eigenvalue weighted by molar-refractivity contribution is -0.123. The molecule has 2 amide bonds. The first-order valence-corrected chi connectivity index (χ1v) is 8.66. The molecule has 2 atom stereocenters. The van der Waals surface area contributed by atoms with Crippen LogP contribution in [0.5, 0.6) is 0 Å². The molecule has 0 radical (unpaired) electrons. The van der Waals surface area contributed by atoms with Crippen molar-refractivity contribution < 1.29 is 9.59 Å². The highest BCUT2D eigenvalue weighted by Gasteiger charge is 2.55. The Bertz CT molecular complexity index is 731. The molecule has 0 bridgehead atoms. The van der Waals surface area contributed by atoms with Gasteiger partial charge in [-0.25, -0.2) is 4.90 Å². The van der Waals surface area contributed by atoms with E-state index in [4.69, 9.17) is 0 Å². The number of imide groups is 1. The lowest BCUT2D eigenvalue weighted by Gasteiger charge is -2.27. The van der Waals surface area contributed by atoms with Crippen molar-refractivity contribution in [2.45, 2.75) is 46.5 Å². The Hall–Kier alpha value is -2.16. The SMILES string of the molecule is CC(C)c1cccc(C(C)C)c1N1C(=O)C2C=CC=CC2(C)C1=O. The van der Waals surface area contributed by atoms with Gasteiger partial charge in [0.1, 0.15) is 0 Å². The van der Waals surface area contributed by atoms with E-state index in [1.165, 1.54) is 4.90 Å². The van der Waals surface area contributed by atoms with Gasteiger partial charge in [-0.15, -0.1) is 0 Å². The van der Waals surface area contributed by atoms with Crippen LogP contribution in [0.2, 0.25) is 0 Å². The van der Waals surface area contributed by atoms with Gasteiger partial charge in [0, 0.05) is 0 Å². The number of allylic oxidation sites excluding steroid dienone is 2. The van der Waals surface area contributed by atoms with E-state index >= 15 is 0 Å². The molecule has 3 nitrogen and oxygen atoms in total. The van der Waals surface area contributed by atoms with E-state index in [0.29, 0.717) is 0 Å². The average Bonchev–Trinajstić information content (AvgIpc) is 2.73. The van der Waals surface area contributed by atoms with Crippen molar-refractivity contribution in [3.63, 3.8) is 0 Å². The van der Waals surface area contributed by atoms with Gasteiger partial charge < -0.3 is 0 Å². The molecule has 0 saturated carbocycles. The summed E-state index contributed by atoms with van der Waals surface area (Å²) in [6, 6.07) is 6.08. The molecule has 1 aliphatic heterocycles. The molecule has 1 aliphatic carbocycles. The van der Waals surface area contributed by atoms with Crippen molar-refractivity contribution in [1.29, 1.82) is 0 Å². The molecule has 3 rings (SSSR count). The summed E-state index contributed by atoms with van der Waals surface area (Å²) >= 11 is 0. The second-order valence-corrected chi connectivity index (χ2v) is 7.58. The largest absolute Gasteiger partial charge is 0.273 e. The van der Waals surface area contributed by atoms with E-state index in [2.05, 4.69) is 27.7 Å². The summed E-state index contributed by atoms with van der Waals surface area (Å²) in [6.45, 7) is 10.3. The number of fused-ring (bicyclic) bond motifs is 1. The molecular weight excluding hydrogens is 298 g/mol. The molecule has 3 heteroatoms. The minimum Gasteiger partial charge on any atom is -0.273 e. The zero-order valence-corrected chi connectivity index (χ0v) is 15.0. The van der Waals surface area contributed by atoms with E-state index in [1.807, 2.05) is 49.4 Å². The summed E-state index contributed by atoms with van der Waals surface area (Å²) in [7, 11) is 0. The van der Waals surface area contributed by atoms with Crippen molar-refractivity contribution in [3.05, 3.63) is 53.6 Å². The summed E-state index contributed by atoms with van der Waals surface area (Å²) in [4.78, 5) is 27.8. The maximum atomic E-state index is 13.2. The van der Waals surface area contributed by atoms with Crippen molar-refractivity contribution >= 4 is 17.5 Å². The van der Waals surface area contributed by atoms with Gasteiger partial charge in [-0.2, -0.15) is 0 Å². The number of hydrogen-bond donors (Lipinski definition) is 0. The van der Waals surface area contributed by atoms with Crippen molar-refractivity contribution in [2.24, 2.45) is 11.3 Å². The first-order chi connectivity index (χ1) is 11.3. The van der Waals surface area contributed by atoms with Gasteiger partial charge in [0.15, 0.2) is 0 Å². The van der Waals surface area contributed by atoms with Gasteiger partial charge >= 0.3 is 0 Å². The fourth-order valence-corrected chi connectivity index (χ4v) is 3.74. The third-order valence-corrected chi connectivity index (χ3v) is 5.22. The maximum absolute atomic E-state index is 13.2. The molecule has 1 heterocycles. The normalized spacial score (nSPS) is 26.0. The number of carbonyl (C=O) groups is 2. The number of amides is 2. The topological polar surface area (TPSA) is 37.4 Å². The van der Waals surface area contributed by atoms with Crippen LogP contribution in [0.25, 0.3) is 0 Å². The molecule has 2 unspecified atom stereocenters. The number of nitrogens with zero attached hydrogens (tertiary/aromatic N) is 1. The summed E-state index contributed by atoms with van der Waals surface area (Å²) in [5, 5.41) is 0. The predicted octanol–water partition coefficient (Wildman–Crippen LogP) is 4.56. The van der Waals surface area contributed by atoms with E-state index in [9.17, 15) is 9.59 Å². The van der Waals surface area contributed by atoms with Gasteiger partial charge in [0.05, 0.1) is 17.0 Å². The Morgan fingerprint density at radius 2 is 1.58 bits per heavy atom. The highest BCUT2D eigenvalue weighted by molar-refractivity contribution is 6.25. The Kier molecular flexibility index (Phi) is 3.98. The highest BCUT2D eigenvalue weighted by Crippen LogP contribution is 2.47. The lowest BCUT2D eigenvalue weighted by atomic mass is 9.76. The van der Waals surface area contributed by atoms with Crippen LogP contribution in [-0.4, -0.2) is 11.8 Å². The summed E-state index contributed by atoms with van der Waals surface area (Å²) in [6.07, 6.45) is 7.44. The number of para-hydroxylation sites is 1. The first kappa shape index (κ1) is 16.7. The molecule has 1 aromatic rings. The number of benzene rings is 1. The van der Waals surface area contributed by atoms with Crippen LogP contribution < -0.4 is 4.90 Å². The first-order valence-electron chi connectivity index (χ1n) is 8.66. The van der Waals surface area contributed by atoms with E-state index in [-0.39, 0.29) is 23.7 Å². The smallest absolute Gasteiger partial charge is 0.244 e. The molecule has 1 fully saturated rings. The lowest BCUT2D eigenvalue weighted by Crippen LogP contribution is -2.35. The molecular formula is C21H25NO2. The van der Waals surface area contributed by atoms with Gasteiger partial charge in [0.2, 0.25) is 11.8 Å². The van der Waals surface area contributed by atoms with Gasteiger partial charge in [0.25, 0.3) is 0 Å². The molecule has 0 spiro atoms. The molecule has 1 aromatic carbocycles. The molecule has 1 saturated heterocycles. The van der Waals surface area contributed by atoms with Crippen LogP contribution in [0, 0.1) is 11.3 Å². The van der Waals surface area contributed by atoms with E-state index in [0.717, 1.165) is 16.8 Å². The second-order valence-electron chi connectivity index (χ2n) is 7.58. The molecule has 0 N–H and O–H groups in total. The van der Waals surface area contributed by atoms with Crippen LogP contribution in [0.15, 0.2) is 42.5 Å². The summed E-state index contributed by atoms with van der Waals surface area (Å²) in [5.41, 5.74) is 2.13. The molecule has 0 aromatic heterocycles. The Balaban J connectivity index is 2.23. The Morgan fingerprint density at radius 3 is 2.08 bits per heavy atom. The predicted molar refractivity (Wildman–Crippen MR) is 97.0 cm³/mol. The molecule has 126 valence electrons. The van der Waals surface area contributed by atoms with Crippen molar-refractivity contribution in [1.82, 2.24) is 0 Å². The summed E-state index contributed by atoms with van der Waals surface area (Å²) in [5.74, 6) is -0.164. The van der Waals surface area contributed by atoms with Crippen molar-refractivity contribution in [3.8, 4) is 0 Å². The second kappa shape index (κ2) is 5.73. The van der Waals surface area contributed by atoms with Crippen LogP contribution in [0.1, 0.15) is 57.6 Å². The van der Waals surface area contributed by atoms with E-state index < -0.39 is 11.3 Å². The minimum atomic E-state index is -0.774. The fraction of sp³-hybridized carbons (Fsp3) is 0.429. The number of anilines is 1. The standard InChI is InChI=1S/C21H25NO2/c1-13(2)15-9-8-10-16(14(3)4)18(15)22-19(23)17-11-6-7-12-21(17,5)20(22)24/h6-14,17H,1-5H3. The summed E-state index contributed by atoms with van der Waals surface area (Å²) < 4.78 is 0. The zero-order chi connectivity index (χ0) is 17.6. The van der Waals surface area contributed by atoms with Crippen LogP contribution in [0.3, 0.4) is 0 Å². The Morgan fingerprint density at radius 1 is 1.00 bits per heavy atom. The monoisotopic (exact) mass is 323 g/mol. The van der Waals surface area contributed by atoms with E-state index in [1.54, 1.807) is 0 Å². The van der Waals surface area contributed by atoms with Gasteiger partial charge in [-0.05, 0) is 29.9 Å². The van der Waals surface area contributed by atoms with Crippen LogP contribution in [-0.2, 0) is 9.59 Å².